The van der Waals surface area contributed by atoms with E-state index >= 15 is 0 Å². The van der Waals surface area contributed by atoms with Gasteiger partial charge in [0.05, 0.1) is 0 Å². The number of nitrogens with one attached hydrogen (secondary N) is 2. The fourth-order valence-corrected chi connectivity index (χ4v) is 1.47. The van der Waals surface area contributed by atoms with E-state index in [0.29, 0.717) is 5.15 Å². The zero-order valence-electron chi connectivity index (χ0n) is 10.7. The molecule has 0 saturated heterocycles. The fourth-order valence-electron chi connectivity index (χ4n) is 1.36. The highest BCUT2D eigenvalue weighted by Gasteiger charge is 1.96. The first-order valence-corrected chi connectivity index (χ1v) is 6.26. The van der Waals surface area contributed by atoms with Gasteiger partial charge in [-0.15, -0.1) is 24.0 Å². The van der Waals surface area contributed by atoms with Crippen molar-refractivity contribution in [3.8, 4) is 0 Å². The lowest BCUT2D eigenvalue weighted by atomic mass is 10.2. The Hall–Kier alpha value is -0.560. The highest BCUT2D eigenvalue weighted by Crippen LogP contribution is 2.05. The van der Waals surface area contributed by atoms with Crippen LogP contribution >= 0.6 is 35.6 Å². The molecule has 0 fully saturated rings. The number of guanidine groups is 1. The summed E-state index contributed by atoms with van der Waals surface area (Å²) in [6, 6.07) is 3.78. The lowest BCUT2D eigenvalue weighted by molar-refractivity contribution is 0.832. The molecule has 0 aromatic carbocycles. The number of pyridine rings is 1. The first-order chi connectivity index (χ1) is 8.26. The summed E-state index contributed by atoms with van der Waals surface area (Å²) in [5.41, 5.74) is 1.14. The van der Waals surface area contributed by atoms with Crippen LogP contribution in [0.5, 0.6) is 0 Å². The summed E-state index contributed by atoms with van der Waals surface area (Å²) in [5, 5.41) is 6.89. The lowest BCUT2D eigenvalue weighted by Gasteiger charge is -2.08. The fraction of sp³-hybridized carbons (Fsp3) is 0.500. The van der Waals surface area contributed by atoms with Crippen LogP contribution in [0.2, 0.25) is 5.15 Å². The van der Waals surface area contributed by atoms with Gasteiger partial charge >= 0.3 is 0 Å². The molecule has 1 aromatic heterocycles. The SMILES string of the molecule is CCNC(=NCCc1ccc(Cl)nc1)NCC.I. The first-order valence-electron chi connectivity index (χ1n) is 5.88. The number of hydrogen-bond donors (Lipinski definition) is 2. The minimum Gasteiger partial charge on any atom is -0.357 e. The smallest absolute Gasteiger partial charge is 0.191 e. The molecule has 0 aliphatic carbocycles. The predicted molar refractivity (Wildman–Crippen MR) is 88.0 cm³/mol. The maximum Gasteiger partial charge on any atom is 0.191 e. The quantitative estimate of drug-likeness (QED) is 0.356. The summed E-state index contributed by atoms with van der Waals surface area (Å²) < 4.78 is 0. The molecule has 1 rings (SSSR count). The third kappa shape index (κ3) is 7.00. The normalized spacial score (nSPS) is 9.28. The van der Waals surface area contributed by atoms with Gasteiger partial charge in [-0.1, -0.05) is 17.7 Å². The molecule has 0 aliphatic heterocycles. The van der Waals surface area contributed by atoms with Crippen LogP contribution in [-0.4, -0.2) is 30.6 Å². The molecule has 0 unspecified atom stereocenters. The predicted octanol–water partition coefficient (Wildman–Crippen LogP) is 2.47. The van der Waals surface area contributed by atoms with Crippen LogP contribution < -0.4 is 10.6 Å². The molecule has 18 heavy (non-hydrogen) atoms. The summed E-state index contributed by atoms with van der Waals surface area (Å²) in [6.45, 7) is 6.58. The van der Waals surface area contributed by atoms with Crippen molar-refractivity contribution in [1.82, 2.24) is 15.6 Å². The Bertz CT molecular complexity index is 346. The Morgan fingerprint density at radius 3 is 2.44 bits per heavy atom. The van der Waals surface area contributed by atoms with E-state index < -0.39 is 0 Å². The molecule has 6 heteroatoms. The standard InChI is InChI=1S/C12H19ClN4.HI/c1-3-14-12(15-4-2)16-8-7-10-5-6-11(13)17-9-10;/h5-6,9H,3-4,7-8H2,1-2H3,(H2,14,15,16);1H. The number of nitrogens with zero attached hydrogens (tertiary/aromatic N) is 2. The number of halogens is 2. The van der Waals surface area contributed by atoms with Gasteiger partial charge in [-0.3, -0.25) is 4.99 Å². The van der Waals surface area contributed by atoms with E-state index in [0.717, 1.165) is 37.6 Å². The highest BCUT2D eigenvalue weighted by molar-refractivity contribution is 14.0. The number of hydrogen-bond acceptors (Lipinski definition) is 2. The molecule has 1 heterocycles. The lowest BCUT2D eigenvalue weighted by Crippen LogP contribution is -2.37. The van der Waals surface area contributed by atoms with E-state index in [1.165, 1.54) is 0 Å². The van der Waals surface area contributed by atoms with Gasteiger partial charge in [-0.2, -0.15) is 0 Å². The summed E-state index contributed by atoms with van der Waals surface area (Å²) in [6.07, 6.45) is 2.66. The number of aliphatic imine (C=N–C) groups is 1. The second kappa shape index (κ2) is 10.4. The average molecular weight is 383 g/mol. The van der Waals surface area contributed by atoms with Crippen LogP contribution in [0, 0.1) is 0 Å². The molecule has 102 valence electrons. The minimum atomic E-state index is 0. The van der Waals surface area contributed by atoms with Crippen LogP contribution in [0.3, 0.4) is 0 Å². The second-order valence-electron chi connectivity index (χ2n) is 3.53. The molecular weight excluding hydrogens is 363 g/mol. The first kappa shape index (κ1) is 17.4. The van der Waals surface area contributed by atoms with Crippen molar-refractivity contribution < 1.29 is 0 Å². The molecule has 0 aliphatic rings. The third-order valence-corrected chi connectivity index (χ3v) is 2.37. The Kier molecular flexibility index (Phi) is 10.0. The third-order valence-electron chi connectivity index (χ3n) is 2.15. The van der Waals surface area contributed by atoms with Gasteiger partial charge < -0.3 is 10.6 Å². The summed E-state index contributed by atoms with van der Waals surface area (Å²) in [5.74, 6) is 0.858. The molecule has 0 spiro atoms. The van der Waals surface area contributed by atoms with Gasteiger partial charge in [0.2, 0.25) is 0 Å². The molecule has 0 atom stereocenters. The molecule has 1 aromatic rings. The average Bonchev–Trinajstić information content (AvgIpc) is 2.32. The number of rotatable bonds is 5. The van der Waals surface area contributed by atoms with Crippen LogP contribution in [0.15, 0.2) is 23.3 Å². The van der Waals surface area contributed by atoms with Gasteiger partial charge in [0.15, 0.2) is 5.96 Å². The summed E-state index contributed by atoms with van der Waals surface area (Å²) in [4.78, 5) is 8.49. The van der Waals surface area contributed by atoms with E-state index in [2.05, 4.69) is 34.5 Å². The highest BCUT2D eigenvalue weighted by atomic mass is 127. The van der Waals surface area contributed by atoms with Crippen molar-refractivity contribution >= 4 is 41.5 Å². The Balaban J connectivity index is 0.00000289. The maximum absolute atomic E-state index is 5.72. The second-order valence-corrected chi connectivity index (χ2v) is 3.92. The van der Waals surface area contributed by atoms with Crippen LogP contribution in [-0.2, 0) is 6.42 Å². The van der Waals surface area contributed by atoms with Gasteiger partial charge in [0.1, 0.15) is 5.15 Å². The molecule has 0 radical (unpaired) electrons. The van der Waals surface area contributed by atoms with Crippen molar-refractivity contribution in [2.24, 2.45) is 4.99 Å². The summed E-state index contributed by atoms with van der Waals surface area (Å²) >= 11 is 5.72. The molecule has 0 saturated carbocycles. The van der Waals surface area contributed by atoms with Gasteiger partial charge in [-0.05, 0) is 31.9 Å². The van der Waals surface area contributed by atoms with Gasteiger partial charge in [0.25, 0.3) is 0 Å². The van der Waals surface area contributed by atoms with Crippen LogP contribution in [0.25, 0.3) is 0 Å². The topological polar surface area (TPSA) is 49.3 Å². The van der Waals surface area contributed by atoms with Crippen molar-refractivity contribution in [1.29, 1.82) is 0 Å². The van der Waals surface area contributed by atoms with Gasteiger partial charge in [-0.25, -0.2) is 4.98 Å². The van der Waals surface area contributed by atoms with E-state index in [4.69, 9.17) is 11.6 Å². The van der Waals surface area contributed by atoms with Crippen molar-refractivity contribution in [3.05, 3.63) is 29.0 Å². The zero-order valence-corrected chi connectivity index (χ0v) is 13.8. The van der Waals surface area contributed by atoms with Crippen molar-refractivity contribution in [2.45, 2.75) is 20.3 Å². The molecule has 0 bridgehead atoms. The Morgan fingerprint density at radius 1 is 1.28 bits per heavy atom. The zero-order chi connectivity index (χ0) is 12.5. The monoisotopic (exact) mass is 382 g/mol. The Morgan fingerprint density at radius 2 is 1.94 bits per heavy atom. The van der Waals surface area contributed by atoms with E-state index in [1.54, 1.807) is 12.3 Å². The molecule has 0 amide bonds. The van der Waals surface area contributed by atoms with Crippen LogP contribution in [0.4, 0.5) is 0 Å². The van der Waals surface area contributed by atoms with E-state index in [9.17, 15) is 0 Å². The van der Waals surface area contributed by atoms with Crippen molar-refractivity contribution in [3.63, 3.8) is 0 Å². The molecule has 2 N–H and O–H groups in total. The maximum atomic E-state index is 5.72. The number of aromatic nitrogens is 1. The Labute approximate surface area is 131 Å². The van der Waals surface area contributed by atoms with E-state index in [1.807, 2.05) is 6.07 Å². The summed E-state index contributed by atoms with van der Waals surface area (Å²) in [7, 11) is 0. The molecular formula is C12H20ClIN4. The van der Waals surface area contributed by atoms with Crippen LogP contribution in [0.1, 0.15) is 19.4 Å². The van der Waals surface area contributed by atoms with Gasteiger partial charge in [0, 0.05) is 25.8 Å². The minimum absolute atomic E-state index is 0. The van der Waals surface area contributed by atoms with Crippen molar-refractivity contribution in [2.75, 3.05) is 19.6 Å². The molecule has 4 nitrogen and oxygen atoms in total. The largest absolute Gasteiger partial charge is 0.357 e. The van der Waals surface area contributed by atoms with E-state index in [-0.39, 0.29) is 24.0 Å².